The Morgan fingerprint density at radius 1 is 1.67 bits per heavy atom. The van der Waals surface area contributed by atoms with Crippen molar-refractivity contribution < 1.29 is 5.11 Å². The second-order valence-electron chi connectivity index (χ2n) is 2.42. The van der Waals surface area contributed by atoms with Crippen molar-refractivity contribution in [3.05, 3.63) is 12.3 Å². The maximum absolute atomic E-state index is 9.05. The molecule has 0 saturated carbocycles. The Hall–Kier alpha value is -0.500. The third-order valence-corrected chi connectivity index (χ3v) is 1.55. The Kier molecular flexibility index (Phi) is 2.11. The summed E-state index contributed by atoms with van der Waals surface area (Å²) in [5.74, 6) is 0. The molecule has 0 spiro atoms. The van der Waals surface area contributed by atoms with Crippen LogP contribution in [0, 0.1) is 0 Å². The van der Waals surface area contributed by atoms with Gasteiger partial charge >= 0.3 is 0 Å². The third-order valence-electron chi connectivity index (χ3n) is 1.55. The van der Waals surface area contributed by atoms with Gasteiger partial charge in [-0.1, -0.05) is 6.08 Å². The molecule has 2 heteroatoms. The van der Waals surface area contributed by atoms with Crippen LogP contribution in [0.1, 0.15) is 13.3 Å². The lowest BCUT2D eigenvalue weighted by Gasteiger charge is -2.09. The molecule has 1 fully saturated rings. The number of allylic oxidation sites excluding steroid dienone is 1. The molecule has 0 aromatic carbocycles. The van der Waals surface area contributed by atoms with E-state index in [1.165, 1.54) is 0 Å². The van der Waals surface area contributed by atoms with Gasteiger partial charge in [-0.05, 0) is 19.5 Å². The molecule has 2 nitrogen and oxygen atoms in total. The van der Waals surface area contributed by atoms with Crippen LogP contribution in [0.5, 0.6) is 0 Å². The summed E-state index contributed by atoms with van der Waals surface area (Å²) in [4.78, 5) is 2.13. The summed E-state index contributed by atoms with van der Waals surface area (Å²) >= 11 is 0. The summed E-state index contributed by atoms with van der Waals surface area (Å²) in [7, 11) is 0. The van der Waals surface area contributed by atoms with Gasteiger partial charge in [-0.15, -0.1) is 0 Å². The lowest BCUT2D eigenvalue weighted by atomic mass is 10.3. The SMILES string of the molecule is C/C=C\N1CC[C@@H](O)C1. The fourth-order valence-electron chi connectivity index (χ4n) is 1.11. The highest BCUT2D eigenvalue weighted by atomic mass is 16.3. The zero-order chi connectivity index (χ0) is 6.69. The maximum Gasteiger partial charge on any atom is 0.0731 e. The van der Waals surface area contributed by atoms with Crippen molar-refractivity contribution in [3.8, 4) is 0 Å². The Bertz CT molecular complexity index is 111. The molecule has 1 aliphatic heterocycles. The van der Waals surface area contributed by atoms with Gasteiger partial charge in [0.25, 0.3) is 0 Å². The fourth-order valence-corrected chi connectivity index (χ4v) is 1.11. The van der Waals surface area contributed by atoms with Gasteiger partial charge in [-0.25, -0.2) is 0 Å². The second-order valence-corrected chi connectivity index (χ2v) is 2.42. The first-order chi connectivity index (χ1) is 4.33. The van der Waals surface area contributed by atoms with E-state index in [4.69, 9.17) is 5.11 Å². The zero-order valence-corrected chi connectivity index (χ0v) is 5.75. The van der Waals surface area contributed by atoms with Gasteiger partial charge in [0.1, 0.15) is 0 Å². The highest BCUT2D eigenvalue weighted by Gasteiger charge is 2.15. The van der Waals surface area contributed by atoms with E-state index in [0.29, 0.717) is 0 Å². The minimum atomic E-state index is -0.0961. The molecule has 1 aliphatic rings. The van der Waals surface area contributed by atoms with E-state index in [2.05, 4.69) is 4.90 Å². The van der Waals surface area contributed by atoms with Crippen molar-refractivity contribution >= 4 is 0 Å². The standard InChI is InChI=1S/C7H13NO/c1-2-4-8-5-3-7(9)6-8/h2,4,7,9H,3,5-6H2,1H3/b4-2-/t7-/m1/s1. The molecular weight excluding hydrogens is 114 g/mol. The summed E-state index contributed by atoms with van der Waals surface area (Å²) in [6.45, 7) is 3.81. The molecule has 52 valence electrons. The van der Waals surface area contributed by atoms with E-state index in [-0.39, 0.29) is 6.10 Å². The van der Waals surface area contributed by atoms with E-state index in [9.17, 15) is 0 Å². The van der Waals surface area contributed by atoms with Gasteiger partial charge in [0.05, 0.1) is 6.10 Å². The number of hydrogen-bond donors (Lipinski definition) is 1. The molecule has 0 unspecified atom stereocenters. The van der Waals surface area contributed by atoms with Crippen LogP contribution in [0.25, 0.3) is 0 Å². The minimum absolute atomic E-state index is 0.0961. The third kappa shape index (κ3) is 1.72. The Morgan fingerprint density at radius 2 is 2.44 bits per heavy atom. The molecule has 1 heterocycles. The van der Waals surface area contributed by atoms with Crippen molar-refractivity contribution in [2.45, 2.75) is 19.4 Å². The van der Waals surface area contributed by atoms with Crippen molar-refractivity contribution in [2.24, 2.45) is 0 Å². The monoisotopic (exact) mass is 127 g/mol. The number of nitrogens with zero attached hydrogens (tertiary/aromatic N) is 1. The predicted molar refractivity (Wildman–Crippen MR) is 37.0 cm³/mol. The maximum atomic E-state index is 9.05. The summed E-state index contributed by atoms with van der Waals surface area (Å²) < 4.78 is 0. The number of hydrogen-bond acceptors (Lipinski definition) is 2. The van der Waals surface area contributed by atoms with Crippen LogP contribution in [0.4, 0.5) is 0 Å². The quantitative estimate of drug-likeness (QED) is 0.557. The van der Waals surface area contributed by atoms with Gasteiger partial charge in [0.2, 0.25) is 0 Å². The average molecular weight is 127 g/mol. The Balaban J connectivity index is 2.30. The molecule has 0 aliphatic carbocycles. The summed E-state index contributed by atoms with van der Waals surface area (Å²) in [6.07, 6.45) is 4.85. The van der Waals surface area contributed by atoms with Gasteiger partial charge in [-0.3, -0.25) is 0 Å². The molecule has 1 N–H and O–H groups in total. The first-order valence-corrected chi connectivity index (χ1v) is 3.38. The lowest BCUT2D eigenvalue weighted by Crippen LogP contribution is -2.14. The molecule has 0 bridgehead atoms. The molecule has 0 radical (unpaired) electrons. The second kappa shape index (κ2) is 2.87. The van der Waals surface area contributed by atoms with Gasteiger partial charge in [-0.2, -0.15) is 0 Å². The smallest absolute Gasteiger partial charge is 0.0731 e. The van der Waals surface area contributed by atoms with Gasteiger partial charge in [0, 0.05) is 13.1 Å². The van der Waals surface area contributed by atoms with Crippen LogP contribution in [0.2, 0.25) is 0 Å². The van der Waals surface area contributed by atoms with Crippen molar-refractivity contribution in [1.82, 2.24) is 4.90 Å². The van der Waals surface area contributed by atoms with E-state index in [1.54, 1.807) is 0 Å². The van der Waals surface area contributed by atoms with Crippen molar-refractivity contribution in [1.29, 1.82) is 0 Å². The predicted octanol–water partition coefficient (Wildman–Crippen LogP) is 0.587. The van der Waals surface area contributed by atoms with Crippen molar-refractivity contribution in [2.75, 3.05) is 13.1 Å². The number of β-amino-alcohol motifs (C(OH)–C–C–N with tert-alkyl or cyclic N) is 1. The van der Waals surface area contributed by atoms with Crippen LogP contribution >= 0.6 is 0 Å². The number of aliphatic hydroxyl groups is 1. The summed E-state index contributed by atoms with van der Waals surface area (Å²) in [6, 6.07) is 0. The number of aliphatic hydroxyl groups excluding tert-OH is 1. The van der Waals surface area contributed by atoms with Crippen LogP contribution in [-0.2, 0) is 0 Å². The van der Waals surface area contributed by atoms with E-state index in [0.717, 1.165) is 19.5 Å². The van der Waals surface area contributed by atoms with Gasteiger partial charge in [0.15, 0.2) is 0 Å². The molecule has 0 aromatic heterocycles. The largest absolute Gasteiger partial charge is 0.391 e. The highest BCUT2D eigenvalue weighted by molar-refractivity contribution is 4.85. The number of rotatable bonds is 1. The molecular formula is C7H13NO. The topological polar surface area (TPSA) is 23.5 Å². The zero-order valence-electron chi connectivity index (χ0n) is 5.75. The Morgan fingerprint density at radius 3 is 2.89 bits per heavy atom. The molecule has 1 rings (SSSR count). The normalized spacial score (nSPS) is 28.2. The average Bonchev–Trinajstić information content (AvgIpc) is 2.17. The summed E-state index contributed by atoms with van der Waals surface area (Å²) in [5.41, 5.74) is 0. The highest BCUT2D eigenvalue weighted by Crippen LogP contribution is 2.07. The molecule has 9 heavy (non-hydrogen) atoms. The van der Waals surface area contributed by atoms with E-state index in [1.807, 2.05) is 19.2 Å². The number of likely N-dealkylation sites (tertiary alicyclic amines) is 1. The van der Waals surface area contributed by atoms with Crippen LogP contribution in [0.15, 0.2) is 12.3 Å². The first-order valence-electron chi connectivity index (χ1n) is 3.38. The molecule has 0 amide bonds. The lowest BCUT2D eigenvalue weighted by molar-refractivity contribution is 0.186. The van der Waals surface area contributed by atoms with E-state index < -0.39 is 0 Å². The van der Waals surface area contributed by atoms with Gasteiger partial charge < -0.3 is 10.0 Å². The Labute approximate surface area is 55.8 Å². The first kappa shape index (κ1) is 6.62. The van der Waals surface area contributed by atoms with E-state index >= 15 is 0 Å². The molecule has 1 saturated heterocycles. The minimum Gasteiger partial charge on any atom is -0.391 e. The molecule has 1 atom stereocenters. The van der Waals surface area contributed by atoms with Crippen LogP contribution in [0.3, 0.4) is 0 Å². The van der Waals surface area contributed by atoms with Crippen LogP contribution in [-0.4, -0.2) is 29.2 Å². The van der Waals surface area contributed by atoms with Crippen LogP contribution < -0.4 is 0 Å². The summed E-state index contributed by atoms with van der Waals surface area (Å²) in [5, 5.41) is 9.05. The fraction of sp³-hybridized carbons (Fsp3) is 0.714. The van der Waals surface area contributed by atoms with Crippen molar-refractivity contribution in [3.63, 3.8) is 0 Å². The molecule has 0 aromatic rings.